The van der Waals surface area contributed by atoms with Gasteiger partial charge in [0.15, 0.2) is 0 Å². The molecule has 1 N–H and O–H groups in total. The van der Waals surface area contributed by atoms with E-state index < -0.39 is 0 Å². The molecule has 0 atom stereocenters. The molecule has 0 aliphatic heterocycles. The summed E-state index contributed by atoms with van der Waals surface area (Å²) in [6.45, 7) is 4.61. The molecule has 1 saturated carbocycles. The number of benzene rings is 2. The van der Waals surface area contributed by atoms with Crippen LogP contribution in [-0.4, -0.2) is 16.2 Å². The third kappa shape index (κ3) is 5.49. The summed E-state index contributed by atoms with van der Waals surface area (Å²) < 4.78 is 12.2. The van der Waals surface area contributed by atoms with E-state index >= 15 is 0 Å². The van der Waals surface area contributed by atoms with Gasteiger partial charge in [0.1, 0.15) is 17.2 Å². The van der Waals surface area contributed by atoms with Crippen molar-refractivity contribution in [3.63, 3.8) is 0 Å². The van der Waals surface area contributed by atoms with Crippen molar-refractivity contribution in [3.05, 3.63) is 82.7 Å². The van der Waals surface area contributed by atoms with E-state index in [0.29, 0.717) is 24.9 Å². The fourth-order valence-corrected chi connectivity index (χ4v) is 4.38. The zero-order valence-corrected chi connectivity index (χ0v) is 19.1. The first-order valence-electron chi connectivity index (χ1n) is 11.8. The molecular weight excluding hydrogens is 398 g/mol. The normalized spacial score (nSPS) is 14.1. The second-order valence-electron chi connectivity index (χ2n) is 8.66. The van der Waals surface area contributed by atoms with Crippen LogP contribution < -0.4 is 4.74 Å². The second-order valence-corrected chi connectivity index (χ2v) is 8.66. The van der Waals surface area contributed by atoms with Gasteiger partial charge in [-0.3, -0.25) is 4.98 Å². The largest absolute Gasteiger partial charge is 0.506 e. The van der Waals surface area contributed by atoms with Gasteiger partial charge in [-0.1, -0.05) is 56.5 Å². The number of pyridine rings is 1. The number of nitrogens with zero attached hydrogens (tertiary/aromatic N) is 1. The van der Waals surface area contributed by atoms with Gasteiger partial charge in [-0.2, -0.15) is 0 Å². The van der Waals surface area contributed by atoms with Crippen LogP contribution in [0.25, 0.3) is 0 Å². The summed E-state index contributed by atoms with van der Waals surface area (Å²) in [7, 11) is 0. The minimum atomic E-state index is 0.312. The molecule has 168 valence electrons. The Hall–Kier alpha value is -2.85. The number of hydrogen-bond acceptors (Lipinski definition) is 4. The zero-order chi connectivity index (χ0) is 22.3. The average molecular weight is 432 g/mol. The summed E-state index contributed by atoms with van der Waals surface area (Å²) >= 11 is 0. The third-order valence-electron chi connectivity index (χ3n) is 6.22. The molecule has 0 saturated heterocycles. The average Bonchev–Trinajstić information content (AvgIpc) is 3.32. The highest BCUT2D eigenvalue weighted by molar-refractivity contribution is 5.46. The molecule has 4 nitrogen and oxygen atoms in total. The van der Waals surface area contributed by atoms with Gasteiger partial charge in [0, 0.05) is 17.7 Å². The van der Waals surface area contributed by atoms with Crippen molar-refractivity contribution >= 4 is 0 Å². The van der Waals surface area contributed by atoms with Gasteiger partial charge in [0.2, 0.25) is 0 Å². The van der Waals surface area contributed by atoms with Crippen LogP contribution in [0.1, 0.15) is 67.1 Å². The van der Waals surface area contributed by atoms with Crippen LogP contribution in [-0.2, 0) is 24.2 Å². The Labute approximate surface area is 191 Å². The fourth-order valence-electron chi connectivity index (χ4n) is 4.38. The summed E-state index contributed by atoms with van der Waals surface area (Å²) in [5.74, 6) is 1.94. The van der Waals surface area contributed by atoms with Crippen molar-refractivity contribution in [3.8, 4) is 17.2 Å². The first-order chi connectivity index (χ1) is 15.6. The van der Waals surface area contributed by atoms with Crippen LogP contribution in [0.15, 0.2) is 54.6 Å². The molecule has 32 heavy (non-hydrogen) atoms. The van der Waals surface area contributed by atoms with Crippen LogP contribution in [0.4, 0.5) is 0 Å². The smallest absolute Gasteiger partial charge is 0.142 e. The van der Waals surface area contributed by atoms with Crippen LogP contribution in [0.5, 0.6) is 17.2 Å². The minimum absolute atomic E-state index is 0.312. The Balaban J connectivity index is 1.57. The lowest BCUT2D eigenvalue weighted by molar-refractivity contribution is 0.0442. The van der Waals surface area contributed by atoms with Crippen molar-refractivity contribution in [2.45, 2.75) is 71.5 Å². The Morgan fingerprint density at radius 2 is 1.72 bits per heavy atom. The minimum Gasteiger partial charge on any atom is -0.506 e. The highest BCUT2D eigenvalue weighted by atomic mass is 16.5. The lowest BCUT2D eigenvalue weighted by Crippen LogP contribution is -2.11. The Kier molecular flexibility index (Phi) is 7.43. The molecule has 3 aromatic rings. The van der Waals surface area contributed by atoms with E-state index in [1.807, 2.05) is 42.5 Å². The van der Waals surface area contributed by atoms with Gasteiger partial charge in [0.05, 0.1) is 18.4 Å². The molecule has 4 rings (SSSR count). The number of para-hydroxylation sites is 1. The molecule has 1 aromatic heterocycles. The van der Waals surface area contributed by atoms with Crippen molar-refractivity contribution in [2.75, 3.05) is 0 Å². The van der Waals surface area contributed by atoms with Gasteiger partial charge >= 0.3 is 0 Å². The topological polar surface area (TPSA) is 51.6 Å². The lowest BCUT2D eigenvalue weighted by atomic mass is 9.99. The molecule has 4 heteroatoms. The van der Waals surface area contributed by atoms with E-state index in [1.54, 1.807) is 0 Å². The summed E-state index contributed by atoms with van der Waals surface area (Å²) in [6, 6.07) is 18.0. The molecular formula is C28H33NO3. The summed E-state index contributed by atoms with van der Waals surface area (Å²) in [5.41, 5.74) is 4.81. The summed E-state index contributed by atoms with van der Waals surface area (Å²) in [6.07, 6.45) is 7.40. The molecule has 0 bridgehead atoms. The lowest BCUT2D eigenvalue weighted by Gasteiger charge is -2.18. The Morgan fingerprint density at radius 3 is 2.47 bits per heavy atom. The predicted molar refractivity (Wildman–Crippen MR) is 127 cm³/mol. The number of aromatic nitrogens is 1. The number of aromatic hydroxyl groups is 1. The molecule has 0 radical (unpaired) electrons. The highest BCUT2D eigenvalue weighted by Crippen LogP contribution is 2.32. The van der Waals surface area contributed by atoms with E-state index in [0.717, 1.165) is 65.3 Å². The number of aryl methyl sites for hydroxylation is 1. The van der Waals surface area contributed by atoms with E-state index in [9.17, 15) is 5.11 Å². The van der Waals surface area contributed by atoms with E-state index in [4.69, 9.17) is 14.5 Å². The van der Waals surface area contributed by atoms with Gasteiger partial charge in [-0.15, -0.1) is 0 Å². The number of rotatable bonds is 9. The first-order valence-corrected chi connectivity index (χ1v) is 11.8. The monoisotopic (exact) mass is 431 g/mol. The molecule has 1 fully saturated rings. The molecule has 2 aromatic carbocycles. The molecule has 0 unspecified atom stereocenters. The van der Waals surface area contributed by atoms with E-state index in [-0.39, 0.29) is 0 Å². The Bertz CT molecular complexity index is 1030. The first kappa shape index (κ1) is 22.3. The van der Waals surface area contributed by atoms with Crippen molar-refractivity contribution in [1.29, 1.82) is 0 Å². The van der Waals surface area contributed by atoms with Crippen molar-refractivity contribution in [1.82, 2.24) is 4.98 Å². The van der Waals surface area contributed by atoms with Gasteiger partial charge in [0.25, 0.3) is 0 Å². The number of ether oxygens (including phenoxy) is 2. The maximum atomic E-state index is 10.9. The summed E-state index contributed by atoms with van der Waals surface area (Å²) in [4.78, 5) is 4.86. The molecule has 1 aliphatic carbocycles. The van der Waals surface area contributed by atoms with Crippen LogP contribution in [0, 0.1) is 6.92 Å². The molecule has 0 amide bonds. The fraction of sp³-hybridized carbons (Fsp3) is 0.393. The van der Waals surface area contributed by atoms with E-state index in [2.05, 4.69) is 26.0 Å². The van der Waals surface area contributed by atoms with Crippen molar-refractivity contribution < 1.29 is 14.6 Å². The van der Waals surface area contributed by atoms with Crippen molar-refractivity contribution in [2.24, 2.45) is 0 Å². The Morgan fingerprint density at radius 1 is 0.969 bits per heavy atom. The predicted octanol–water partition coefficient (Wildman–Crippen LogP) is 6.89. The molecule has 1 aliphatic rings. The van der Waals surface area contributed by atoms with Crippen LogP contribution >= 0.6 is 0 Å². The van der Waals surface area contributed by atoms with Crippen LogP contribution in [0.3, 0.4) is 0 Å². The third-order valence-corrected chi connectivity index (χ3v) is 6.22. The van der Waals surface area contributed by atoms with E-state index in [1.165, 1.54) is 12.8 Å². The maximum absolute atomic E-state index is 10.9. The van der Waals surface area contributed by atoms with Gasteiger partial charge < -0.3 is 14.6 Å². The molecule has 0 spiro atoms. The second kappa shape index (κ2) is 10.6. The quantitative estimate of drug-likeness (QED) is 0.401. The SMILES string of the molecule is CCCc1nc(Cc2cccc(Oc3ccccc3)c2)c(C)c(COC2CCCC2)c1O. The maximum Gasteiger partial charge on any atom is 0.142 e. The van der Waals surface area contributed by atoms with Gasteiger partial charge in [-0.05, 0) is 61.6 Å². The standard InChI is InChI=1S/C28H33NO3/c1-3-10-26-28(30)25(19-31-22-12-7-8-13-22)20(2)27(29-26)18-21-11-9-16-24(17-21)32-23-14-5-4-6-15-23/h4-6,9,11,14-17,22,30H,3,7-8,10,12-13,18-19H2,1-2H3. The molecule has 1 heterocycles. The summed E-state index contributed by atoms with van der Waals surface area (Å²) in [5, 5.41) is 10.9. The zero-order valence-electron chi connectivity index (χ0n) is 19.1. The highest BCUT2D eigenvalue weighted by Gasteiger charge is 2.20. The number of hydrogen-bond donors (Lipinski definition) is 1. The van der Waals surface area contributed by atoms with Crippen LogP contribution in [0.2, 0.25) is 0 Å². The van der Waals surface area contributed by atoms with Gasteiger partial charge in [-0.25, -0.2) is 0 Å².